The zero-order valence-corrected chi connectivity index (χ0v) is 16.1. The molecule has 0 fully saturated rings. The number of hydrogen-bond acceptors (Lipinski definition) is 5. The summed E-state index contributed by atoms with van der Waals surface area (Å²) in [4.78, 5) is 8.98. The van der Waals surface area contributed by atoms with Crippen molar-refractivity contribution < 1.29 is 9.84 Å². The number of halogens is 1. The number of ether oxygens (including phenoxy) is 1. The minimum Gasteiger partial charge on any atom is -0.504 e. The summed E-state index contributed by atoms with van der Waals surface area (Å²) >= 11 is 6.15. The number of rotatable bonds is 7. The Balaban J connectivity index is 1.88. The van der Waals surface area contributed by atoms with Crippen molar-refractivity contribution in [2.45, 2.75) is 25.8 Å². The normalized spacial score (nSPS) is 11.8. The fourth-order valence-corrected chi connectivity index (χ4v) is 3.12. The summed E-state index contributed by atoms with van der Waals surface area (Å²) in [6.07, 6.45) is 5.35. The quantitative estimate of drug-likeness (QED) is 0.566. The molecular weight excluding hydrogens is 362 g/mol. The first-order valence-corrected chi connectivity index (χ1v) is 9.20. The van der Waals surface area contributed by atoms with Crippen LogP contribution in [0.5, 0.6) is 11.5 Å². The van der Waals surface area contributed by atoms with Crippen molar-refractivity contribution in [3.63, 3.8) is 0 Å². The van der Waals surface area contributed by atoms with E-state index in [9.17, 15) is 5.11 Å². The van der Waals surface area contributed by atoms with Crippen molar-refractivity contribution in [3.05, 3.63) is 65.4 Å². The highest BCUT2D eigenvalue weighted by atomic mass is 35.5. The number of nitrogens with one attached hydrogen (secondary N) is 1. The number of nitrogens with zero attached hydrogens (tertiary/aromatic N) is 2. The van der Waals surface area contributed by atoms with Crippen molar-refractivity contribution in [1.82, 2.24) is 9.97 Å². The highest BCUT2D eigenvalue weighted by Gasteiger charge is 2.13. The molecule has 0 aliphatic rings. The Hall–Kier alpha value is -2.79. The first-order valence-electron chi connectivity index (χ1n) is 8.82. The summed E-state index contributed by atoms with van der Waals surface area (Å²) < 4.78 is 5.18. The van der Waals surface area contributed by atoms with Crippen LogP contribution in [0.1, 0.15) is 31.4 Å². The highest BCUT2D eigenvalue weighted by molar-refractivity contribution is 6.30. The number of methoxy groups -OCH3 is 1. The molecule has 1 atom stereocenters. The molecular formula is C21H22ClN3O2. The molecule has 0 radical (unpaired) electrons. The molecule has 27 heavy (non-hydrogen) atoms. The van der Waals surface area contributed by atoms with E-state index in [2.05, 4.69) is 28.3 Å². The Morgan fingerprint density at radius 1 is 1.19 bits per heavy atom. The van der Waals surface area contributed by atoms with Crippen LogP contribution in [0.2, 0.25) is 5.02 Å². The van der Waals surface area contributed by atoms with Crippen molar-refractivity contribution in [2.24, 2.45) is 0 Å². The maximum Gasteiger partial charge on any atom is 0.161 e. The number of hydrogen-bond donors (Lipinski definition) is 2. The van der Waals surface area contributed by atoms with Crippen molar-refractivity contribution in [2.75, 3.05) is 12.4 Å². The van der Waals surface area contributed by atoms with E-state index in [1.807, 2.05) is 18.2 Å². The third-order valence-electron chi connectivity index (χ3n) is 4.26. The molecule has 5 nitrogen and oxygen atoms in total. The van der Waals surface area contributed by atoms with E-state index in [4.69, 9.17) is 16.3 Å². The minimum atomic E-state index is 0.0902. The molecule has 6 heteroatoms. The van der Waals surface area contributed by atoms with E-state index in [0.29, 0.717) is 22.3 Å². The first-order chi connectivity index (χ1) is 13.1. The van der Waals surface area contributed by atoms with Gasteiger partial charge < -0.3 is 15.2 Å². The van der Waals surface area contributed by atoms with Crippen LogP contribution in [0, 0.1) is 0 Å². The van der Waals surface area contributed by atoms with Gasteiger partial charge in [-0.3, -0.25) is 4.98 Å². The molecule has 0 saturated carbocycles. The average molecular weight is 384 g/mol. The Morgan fingerprint density at radius 3 is 2.78 bits per heavy atom. The summed E-state index contributed by atoms with van der Waals surface area (Å²) in [6.45, 7) is 2.14. The molecule has 0 spiro atoms. The zero-order chi connectivity index (χ0) is 19.2. The topological polar surface area (TPSA) is 67.3 Å². The molecule has 3 aromatic rings. The lowest BCUT2D eigenvalue weighted by molar-refractivity contribution is 0.373. The van der Waals surface area contributed by atoms with Crippen LogP contribution in [0.15, 0.2) is 54.9 Å². The van der Waals surface area contributed by atoms with E-state index in [1.165, 1.54) is 7.11 Å². The van der Waals surface area contributed by atoms with Gasteiger partial charge in [-0.2, -0.15) is 0 Å². The number of phenolic OH excluding ortho intramolecular Hbond substituents is 1. The van der Waals surface area contributed by atoms with Crippen LogP contribution in [0.4, 0.5) is 5.82 Å². The van der Waals surface area contributed by atoms with E-state index >= 15 is 0 Å². The zero-order valence-electron chi connectivity index (χ0n) is 15.3. The van der Waals surface area contributed by atoms with Gasteiger partial charge in [0.05, 0.1) is 31.2 Å². The smallest absolute Gasteiger partial charge is 0.161 e. The van der Waals surface area contributed by atoms with Gasteiger partial charge >= 0.3 is 0 Å². The van der Waals surface area contributed by atoms with Gasteiger partial charge in [0, 0.05) is 10.6 Å². The highest BCUT2D eigenvalue weighted by Crippen LogP contribution is 2.31. The van der Waals surface area contributed by atoms with E-state index in [1.54, 1.807) is 30.6 Å². The Kier molecular flexibility index (Phi) is 6.14. The van der Waals surface area contributed by atoms with Crippen molar-refractivity contribution >= 4 is 17.4 Å². The largest absolute Gasteiger partial charge is 0.504 e. The second kappa shape index (κ2) is 8.73. The lowest BCUT2D eigenvalue weighted by Gasteiger charge is -2.19. The predicted molar refractivity (Wildman–Crippen MR) is 108 cm³/mol. The van der Waals surface area contributed by atoms with Gasteiger partial charge in [0.15, 0.2) is 11.5 Å². The van der Waals surface area contributed by atoms with Crippen LogP contribution >= 0.6 is 11.6 Å². The molecule has 0 bridgehead atoms. The summed E-state index contributed by atoms with van der Waals surface area (Å²) in [5, 5.41) is 14.0. The monoisotopic (exact) mass is 383 g/mol. The molecule has 1 heterocycles. The summed E-state index contributed by atoms with van der Waals surface area (Å²) in [5.74, 6) is 1.17. The van der Waals surface area contributed by atoms with E-state index < -0.39 is 0 Å². The van der Waals surface area contributed by atoms with Gasteiger partial charge in [-0.05, 0) is 42.3 Å². The van der Waals surface area contributed by atoms with Gasteiger partial charge in [0.2, 0.25) is 0 Å². The Bertz CT molecular complexity index is 917. The molecule has 0 amide bonds. The lowest BCUT2D eigenvalue weighted by Crippen LogP contribution is -2.12. The van der Waals surface area contributed by atoms with E-state index in [-0.39, 0.29) is 11.8 Å². The van der Waals surface area contributed by atoms with E-state index in [0.717, 1.165) is 24.0 Å². The standard InChI is InChI=1S/C21H22ClN3O2/c1-3-5-17(14-6-4-7-16(22)10-14)24-21-13-23-12-18(25-21)15-8-9-19(26)20(11-15)27-2/h4,6-13,17,26H,3,5H2,1-2H3,(H,24,25)/t17-/m1/s1. The molecule has 2 aromatic carbocycles. The molecule has 0 saturated heterocycles. The third-order valence-corrected chi connectivity index (χ3v) is 4.50. The fourth-order valence-electron chi connectivity index (χ4n) is 2.92. The van der Waals surface area contributed by atoms with Crippen LogP contribution in [0.25, 0.3) is 11.3 Å². The molecule has 1 aromatic heterocycles. The average Bonchev–Trinajstić information content (AvgIpc) is 2.68. The van der Waals surface area contributed by atoms with Gasteiger partial charge in [0.1, 0.15) is 5.82 Å². The number of benzene rings is 2. The maximum absolute atomic E-state index is 9.78. The lowest BCUT2D eigenvalue weighted by atomic mass is 10.0. The SMILES string of the molecule is CCC[C@@H](Nc1cncc(-c2ccc(O)c(OC)c2)n1)c1cccc(Cl)c1. The van der Waals surface area contributed by atoms with Crippen LogP contribution < -0.4 is 10.1 Å². The van der Waals surface area contributed by atoms with Gasteiger partial charge in [-0.15, -0.1) is 0 Å². The molecule has 140 valence electrons. The maximum atomic E-state index is 9.78. The van der Waals surface area contributed by atoms with Gasteiger partial charge in [-0.25, -0.2) is 4.98 Å². The number of phenols is 1. The molecule has 0 unspecified atom stereocenters. The van der Waals surface area contributed by atoms with Crippen molar-refractivity contribution in [1.29, 1.82) is 0 Å². The fraction of sp³-hybridized carbons (Fsp3) is 0.238. The molecule has 3 rings (SSSR count). The number of aromatic nitrogens is 2. The van der Waals surface area contributed by atoms with Crippen LogP contribution in [0.3, 0.4) is 0 Å². The predicted octanol–water partition coefficient (Wildman–Crippen LogP) is 5.46. The minimum absolute atomic E-state index is 0.0902. The van der Waals surface area contributed by atoms with Crippen LogP contribution in [-0.4, -0.2) is 22.2 Å². The summed E-state index contributed by atoms with van der Waals surface area (Å²) in [7, 11) is 1.52. The second-order valence-corrected chi connectivity index (χ2v) is 6.65. The molecule has 0 aliphatic carbocycles. The Morgan fingerprint density at radius 2 is 2.04 bits per heavy atom. The summed E-state index contributed by atoms with van der Waals surface area (Å²) in [6, 6.07) is 13.0. The van der Waals surface area contributed by atoms with Gasteiger partial charge in [0.25, 0.3) is 0 Å². The van der Waals surface area contributed by atoms with Crippen LogP contribution in [-0.2, 0) is 0 Å². The Labute approximate surface area is 164 Å². The molecule has 0 aliphatic heterocycles. The summed E-state index contributed by atoms with van der Waals surface area (Å²) in [5.41, 5.74) is 2.62. The number of anilines is 1. The van der Waals surface area contributed by atoms with Crippen molar-refractivity contribution in [3.8, 4) is 22.8 Å². The first kappa shape index (κ1) is 19.0. The second-order valence-electron chi connectivity index (χ2n) is 6.22. The molecule has 2 N–H and O–H groups in total. The third kappa shape index (κ3) is 4.68. The number of aromatic hydroxyl groups is 1. The van der Waals surface area contributed by atoms with Gasteiger partial charge in [-0.1, -0.05) is 37.1 Å².